The molecule has 1 aliphatic heterocycles. The highest BCUT2D eigenvalue weighted by atomic mass is 16.2. The predicted molar refractivity (Wildman–Crippen MR) is 69.5 cm³/mol. The van der Waals surface area contributed by atoms with Gasteiger partial charge >= 0.3 is 0 Å². The zero-order valence-electron chi connectivity index (χ0n) is 10.5. The van der Waals surface area contributed by atoms with Gasteiger partial charge in [-0.3, -0.25) is 4.79 Å². The first-order valence-corrected chi connectivity index (χ1v) is 6.14. The van der Waals surface area contributed by atoms with Gasteiger partial charge in [-0.05, 0) is 36.5 Å². The fraction of sp³-hybridized carbons (Fsp3) is 0.429. The maximum Gasteiger partial charge on any atom is 0.234 e. The highest BCUT2D eigenvalue weighted by molar-refractivity contribution is 5.95. The van der Waals surface area contributed by atoms with Gasteiger partial charge in [0, 0.05) is 19.2 Å². The van der Waals surface area contributed by atoms with Gasteiger partial charge in [-0.15, -0.1) is 0 Å². The molecule has 0 spiro atoms. The molecule has 0 saturated carbocycles. The van der Waals surface area contributed by atoms with Crippen molar-refractivity contribution in [2.24, 2.45) is 4.99 Å². The van der Waals surface area contributed by atoms with Crippen molar-refractivity contribution in [1.82, 2.24) is 0 Å². The Morgan fingerprint density at radius 1 is 1.39 bits per heavy atom. The number of fused-ring (bicyclic) bond motifs is 1. The second-order valence-corrected chi connectivity index (χ2v) is 4.49. The second-order valence-electron chi connectivity index (χ2n) is 4.49. The molecule has 0 fully saturated rings. The molecule has 0 atom stereocenters. The molecule has 0 unspecified atom stereocenters. The SMILES string of the molecule is CN1C(=O)CCc2cc(CCCN=C=O)ccc21. The zero-order valence-corrected chi connectivity index (χ0v) is 10.5. The van der Waals surface area contributed by atoms with Crippen LogP contribution in [0.3, 0.4) is 0 Å². The number of amides is 1. The number of carbonyl (C=O) groups is 1. The summed E-state index contributed by atoms with van der Waals surface area (Å²) in [6, 6.07) is 6.20. The monoisotopic (exact) mass is 244 g/mol. The van der Waals surface area contributed by atoms with Gasteiger partial charge in [-0.25, -0.2) is 9.79 Å². The Morgan fingerprint density at radius 3 is 3.00 bits per heavy atom. The maximum atomic E-state index is 11.6. The molecule has 1 aromatic carbocycles. The minimum Gasteiger partial charge on any atom is -0.315 e. The Hall–Kier alpha value is -1.93. The molecule has 0 aromatic heterocycles. The van der Waals surface area contributed by atoms with Crippen molar-refractivity contribution in [3.8, 4) is 0 Å². The van der Waals surface area contributed by atoms with Crippen molar-refractivity contribution >= 4 is 17.7 Å². The van der Waals surface area contributed by atoms with Crippen LogP contribution in [-0.2, 0) is 22.4 Å². The van der Waals surface area contributed by atoms with E-state index in [9.17, 15) is 9.59 Å². The first kappa shape index (κ1) is 12.5. The van der Waals surface area contributed by atoms with Crippen molar-refractivity contribution in [3.05, 3.63) is 29.3 Å². The average Bonchev–Trinajstić information content (AvgIpc) is 2.39. The van der Waals surface area contributed by atoms with Crippen LogP contribution in [0.1, 0.15) is 24.0 Å². The van der Waals surface area contributed by atoms with Crippen LogP contribution in [-0.4, -0.2) is 25.6 Å². The Labute approximate surface area is 106 Å². The first-order valence-electron chi connectivity index (χ1n) is 6.14. The number of aliphatic imine (C=N–C) groups is 1. The fourth-order valence-corrected chi connectivity index (χ4v) is 2.27. The quantitative estimate of drug-likeness (QED) is 0.461. The summed E-state index contributed by atoms with van der Waals surface area (Å²) in [5.74, 6) is 0.176. The third-order valence-corrected chi connectivity index (χ3v) is 3.29. The summed E-state index contributed by atoms with van der Waals surface area (Å²) < 4.78 is 0. The molecule has 0 saturated heterocycles. The molecular formula is C14H16N2O2. The van der Waals surface area contributed by atoms with Gasteiger partial charge in [-0.1, -0.05) is 12.1 Å². The number of rotatable bonds is 4. The molecule has 1 aliphatic rings. The lowest BCUT2D eigenvalue weighted by molar-refractivity contribution is -0.118. The minimum absolute atomic E-state index is 0.176. The Balaban J connectivity index is 2.08. The van der Waals surface area contributed by atoms with Gasteiger partial charge in [0.25, 0.3) is 0 Å². The lowest BCUT2D eigenvalue weighted by atomic mass is 9.97. The smallest absolute Gasteiger partial charge is 0.234 e. The number of benzene rings is 1. The lowest BCUT2D eigenvalue weighted by Crippen LogP contribution is -2.31. The number of isocyanates is 1. The van der Waals surface area contributed by atoms with Crippen molar-refractivity contribution in [2.45, 2.75) is 25.7 Å². The van der Waals surface area contributed by atoms with E-state index in [1.165, 1.54) is 11.1 Å². The van der Waals surface area contributed by atoms with Gasteiger partial charge in [0.15, 0.2) is 0 Å². The number of hydrogen-bond donors (Lipinski definition) is 0. The van der Waals surface area contributed by atoms with Gasteiger partial charge in [0.2, 0.25) is 12.0 Å². The van der Waals surface area contributed by atoms with Crippen molar-refractivity contribution in [1.29, 1.82) is 0 Å². The normalized spacial score (nSPS) is 14.1. The Bertz CT molecular complexity index is 505. The molecule has 1 aromatic rings. The first-order chi connectivity index (χ1) is 8.72. The molecule has 0 bridgehead atoms. The summed E-state index contributed by atoms with van der Waals surface area (Å²) in [6.07, 6.45) is 4.70. The van der Waals surface area contributed by atoms with Crippen molar-refractivity contribution in [2.75, 3.05) is 18.5 Å². The summed E-state index contributed by atoms with van der Waals surface area (Å²) in [5.41, 5.74) is 3.48. The van der Waals surface area contributed by atoms with Gasteiger partial charge in [0.05, 0.1) is 6.54 Å². The van der Waals surface area contributed by atoms with Crippen molar-refractivity contribution in [3.63, 3.8) is 0 Å². The lowest BCUT2D eigenvalue weighted by Gasteiger charge is -2.26. The number of aryl methyl sites for hydroxylation is 2. The third kappa shape index (κ3) is 2.66. The van der Waals surface area contributed by atoms with Crippen LogP contribution in [0.5, 0.6) is 0 Å². The molecule has 94 valence electrons. The fourth-order valence-electron chi connectivity index (χ4n) is 2.27. The standard InChI is InChI=1S/C14H16N2O2/c1-16-13-6-4-11(3-2-8-15-10-17)9-12(13)5-7-14(16)18/h4,6,9H,2-3,5,7-8H2,1H3. The molecule has 4 nitrogen and oxygen atoms in total. The summed E-state index contributed by atoms with van der Waals surface area (Å²) in [6.45, 7) is 0.527. The highest BCUT2D eigenvalue weighted by Gasteiger charge is 2.20. The highest BCUT2D eigenvalue weighted by Crippen LogP contribution is 2.27. The molecule has 0 N–H and O–H groups in total. The van der Waals surface area contributed by atoms with E-state index in [0.29, 0.717) is 13.0 Å². The number of nitrogens with zero attached hydrogens (tertiary/aromatic N) is 2. The average molecular weight is 244 g/mol. The molecule has 0 aliphatic carbocycles. The van der Waals surface area contributed by atoms with Gasteiger partial charge < -0.3 is 4.90 Å². The van der Waals surface area contributed by atoms with E-state index >= 15 is 0 Å². The van der Waals surface area contributed by atoms with E-state index in [1.54, 1.807) is 11.0 Å². The Kier molecular flexibility index (Phi) is 3.90. The Morgan fingerprint density at radius 2 is 2.22 bits per heavy atom. The molecule has 18 heavy (non-hydrogen) atoms. The minimum atomic E-state index is 0.176. The third-order valence-electron chi connectivity index (χ3n) is 3.29. The number of anilines is 1. The molecule has 4 heteroatoms. The van der Waals surface area contributed by atoms with Crippen molar-refractivity contribution < 1.29 is 9.59 Å². The summed E-state index contributed by atoms with van der Waals surface area (Å²) in [7, 11) is 1.82. The zero-order chi connectivity index (χ0) is 13.0. The van der Waals surface area contributed by atoms with E-state index in [4.69, 9.17) is 0 Å². The van der Waals surface area contributed by atoms with Crippen LogP contribution in [0.4, 0.5) is 5.69 Å². The van der Waals surface area contributed by atoms with E-state index in [1.807, 2.05) is 19.2 Å². The van der Waals surface area contributed by atoms with Crippen LogP contribution in [0.15, 0.2) is 23.2 Å². The van der Waals surface area contributed by atoms with E-state index in [-0.39, 0.29) is 5.91 Å². The van der Waals surface area contributed by atoms with Gasteiger partial charge in [-0.2, -0.15) is 0 Å². The molecular weight excluding hydrogens is 228 g/mol. The summed E-state index contributed by atoms with van der Waals surface area (Å²) >= 11 is 0. The molecule has 2 rings (SSSR count). The topological polar surface area (TPSA) is 49.7 Å². The second kappa shape index (κ2) is 5.61. The van der Waals surface area contributed by atoms with E-state index < -0.39 is 0 Å². The maximum absolute atomic E-state index is 11.6. The summed E-state index contributed by atoms with van der Waals surface area (Å²) in [4.78, 5) is 26.8. The molecule has 1 amide bonds. The van der Waals surface area contributed by atoms with Crippen LogP contribution >= 0.6 is 0 Å². The van der Waals surface area contributed by atoms with Crippen LogP contribution in [0, 0.1) is 0 Å². The molecule has 1 heterocycles. The summed E-state index contributed by atoms with van der Waals surface area (Å²) in [5, 5.41) is 0. The van der Waals surface area contributed by atoms with E-state index in [2.05, 4.69) is 11.1 Å². The largest absolute Gasteiger partial charge is 0.315 e. The number of carbonyl (C=O) groups excluding carboxylic acids is 2. The molecule has 0 radical (unpaired) electrons. The van der Waals surface area contributed by atoms with Crippen LogP contribution in [0.2, 0.25) is 0 Å². The van der Waals surface area contributed by atoms with Crippen LogP contribution < -0.4 is 4.90 Å². The number of hydrogen-bond acceptors (Lipinski definition) is 3. The predicted octanol–water partition coefficient (Wildman–Crippen LogP) is 1.86. The van der Waals surface area contributed by atoms with E-state index in [0.717, 1.165) is 24.9 Å². The van der Waals surface area contributed by atoms with Crippen LogP contribution in [0.25, 0.3) is 0 Å². The van der Waals surface area contributed by atoms with Gasteiger partial charge in [0.1, 0.15) is 0 Å².